The van der Waals surface area contributed by atoms with Gasteiger partial charge in [-0.2, -0.15) is 0 Å². The Morgan fingerprint density at radius 1 is 1.29 bits per heavy atom. The smallest absolute Gasteiger partial charge is 0.311 e. The molecule has 4 atom stereocenters. The molecule has 1 saturated heterocycles. The van der Waals surface area contributed by atoms with Gasteiger partial charge >= 0.3 is 17.6 Å². The maximum Gasteiger partial charge on any atom is 0.311 e. The summed E-state index contributed by atoms with van der Waals surface area (Å²) in [5.41, 5.74) is -0.0460. The Balaban J connectivity index is 0.00000110. The van der Waals surface area contributed by atoms with Gasteiger partial charge in [-0.15, -0.1) is 0 Å². The first-order valence-electron chi connectivity index (χ1n) is 9.14. The number of benzene rings is 1. The second-order valence-corrected chi connectivity index (χ2v) is 6.44. The third-order valence-electron chi connectivity index (χ3n) is 3.93. The molecule has 172 valence electrons. The monoisotopic (exact) mass is 443 g/mol. The summed E-state index contributed by atoms with van der Waals surface area (Å²) >= 11 is 0. The van der Waals surface area contributed by atoms with Crippen molar-refractivity contribution in [1.82, 2.24) is 0 Å². The van der Waals surface area contributed by atoms with Crippen molar-refractivity contribution in [1.29, 1.82) is 0 Å². The summed E-state index contributed by atoms with van der Waals surface area (Å²) in [6.45, 7) is 4.11. The lowest BCUT2D eigenvalue weighted by Crippen LogP contribution is -2.53. The molecule has 0 radical (unpaired) electrons. The maximum atomic E-state index is 11.5. The number of hydrogen-bond donors (Lipinski definition) is 1. The molecule has 0 aliphatic carbocycles. The van der Waals surface area contributed by atoms with E-state index in [1.54, 1.807) is 6.92 Å². The fourth-order valence-corrected chi connectivity index (χ4v) is 2.77. The molecule has 1 aliphatic rings. The number of ether oxygens (including phenoxy) is 5. The molecule has 0 bridgehead atoms. The summed E-state index contributed by atoms with van der Waals surface area (Å²) in [6, 6.07) is 3.95. The number of rotatable bonds is 7. The number of hydrogen-bond acceptors (Lipinski definition) is 11. The van der Waals surface area contributed by atoms with E-state index >= 15 is 0 Å². The van der Waals surface area contributed by atoms with Crippen LogP contribution in [0.25, 0.3) is 0 Å². The first-order valence-corrected chi connectivity index (χ1v) is 9.14. The van der Waals surface area contributed by atoms with E-state index in [1.165, 1.54) is 39.2 Å². The Kier molecular flexibility index (Phi) is 10.4. The normalized spacial score (nSPS) is 22.2. The molecule has 3 unspecified atom stereocenters. The lowest BCUT2D eigenvalue weighted by atomic mass is 10.0. The molecule has 0 amide bonds. The van der Waals surface area contributed by atoms with Crippen LogP contribution in [0.4, 0.5) is 5.69 Å². The van der Waals surface area contributed by atoms with Crippen LogP contribution in [-0.4, -0.2) is 60.2 Å². The fraction of sp³-hybridized carbons (Fsp3) is 0.526. The van der Waals surface area contributed by atoms with Crippen molar-refractivity contribution >= 4 is 24.1 Å². The van der Waals surface area contributed by atoms with E-state index in [0.717, 1.165) is 0 Å². The van der Waals surface area contributed by atoms with Crippen molar-refractivity contribution < 1.29 is 48.1 Å². The molecule has 1 aliphatic heterocycles. The molecule has 1 aromatic carbocycles. The van der Waals surface area contributed by atoms with Crippen molar-refractivity contribution in [3.63, 3.8) is 0 Å². The SMILES string of the molecule is CC(=O)OC1CC(C)OC(Oc2ccc(CO)cc2[N+](=O)[O-])[C@@H]1OC(C)=O.COC=O. The average molecular weight is 443 g/mol. The summed E-state index contributed by atoms with van der Waals surface area (Å²) in [4.78, 5) is 42.4. The predicted molar refractivity (Wildman–Crippen MR) is 103 cm³/mol. The molecule has 0 saturated carbocycles. The van der Waals surface area contributed by atoms with Crippen LogP contribution in [0.5, 0.6) is 5.75 Å². The molecule has 31 heavy (non-hydrogen) atoms. The number of methoxy groups -OCH3 is 1. The molecule has 2 rings (SSSR count). The zero-order valence-electron chi connectivity index (χ0n) is 17.5. The molecule has 0 aromatic heterocycles. The highest BCUT2D eigenvalue weighted by Gasteiger charge is 2.44. The van der Waals surface area contributed by atoms with Crippen LogP contribution in [0.1, 0.15) is 32.8 Å². The topological polar surface area (TPSA) is 161 Å². The summed E-state index contributed by atoms with van der Waals surface area (Å²) < 4.78 is 25.6. The average Bonchev–Trinajstić information content (AvgIpc) is 2.70. The Bertz CT molecular complexity index is 782. The molecule has 1 heterocycles. The number of nitro benzene ring substituents is 1. The highest BCUT2D eigenvalue weighted by molar-refractivity contribution is 5.67. The minimum atomic E-state index is -1.22. The third kappa shape index (κ3) is 8.18. The van der Waals surface area contributed by atoms with Crippen LogP contribution in [0, 0.1) is 10.1 Å². The van der Waals surface area contributed by atoms with Crippen LogP contribution in [0.2, 0.25) is 0 Å². The Hall–Kier alpha value is -3.25. The quantitative estimate of drug-likeness (QED) is 0.212. The Morgan fingerprint density at radius 2 is 1.90 bits per heavy atom. The van der Waals surface area contributed by atoms with Crippen molar-refractivity contribution in [2.75, 3.05) is 7.11 Å². The van der Waals surface area contributed by atoms with Crippen molar-refractivity contribution in [2.24, 2.45) is 0 Å². The molecule has 1 aromatic rings. The number of esters is 2. The molecule has 12 heteroatoms. The molecule has 12 nitrogen and oxygen atoms in total. The van der Waals surface area contributed by atoms with Crippen molar-refractivity contribution in [3.05, 3.63) is 33.9 Å². The van der Waals surface area contributed by atoms with E-state index in [0.29, 0.717) is 12.0 Å². The summed E-state index contributed by atoms with van der Waals surface area (Å²) in [7, 11) is 1.31. The van der Waals surface area contributed by atoms with E-state index in [9.17, 15) is 19.7 Å². The number of carbonyl (C=O) groups excluding carboxylic acids is 3. The van der Waals surface area contributed by atoms with E-state index in [1.807, 2.05) is 0 Å². The van der Waals surface area contributed by atoms with Crippen LogP contribution in [0.3, 0.4) is 0 Å². The molecule has 1 N–H and O–H groups in total. The fourth-order valence-electron chi connectivity index (χ4n) is 2.77. The first-order chi connectivity index (χ1) is 14.6. The second-order valence-electron chi connectivity index (χ2n) is 6.44. The van der Waals surface area contributed by atoms with Gasteiger partial charge in [0.1, 0.15) is 6.10 Å². The number of aliphatic hydroxyl groups is 1. The van der Waals surface area contributed by atoms with Gasteiger partial charge < -0.3 is 28.8 Å². The van der Waals surface area contributed by atoms with Gasteiger partial charge in [-0.3, -0.25) is 24.5 Å². The highest BCUT2D eigenvalue weighted by atomic mass is 16.7. The predicted octanol–water partition coefficient (Wildman–Crippen LogP) is 1.25. The first kappa shape index (κ1) is 25.8. The standard InChI is InChI=1S/C17H21NO9.C2H4O2/c1-9-6-15(25-10(2)20)16(26-11(3)21)17(24-9)27-14-5-4-12(8-19)7-13(14)18(22)23;1-4-2-3/h4-5,7,9,15-17,19H,6,8H2,1-3H3;2H,1H3/t9?,15?,16-,17?;/m1./s1. The Labute approximate surface area is 178 Å². The van der Waals surface area contributed by atoms with Crippen molar-refractivity contribution in [2.45, 2.75) is 58.4 Å². The Morgan fingerprint density at radius 3 is 2.39 bits per heavy atom. The zero-order valence-corrected chi connectivity index (χ0v) is 17.5. The van der Waals surface area contributed by atoms with Gasteiger partial charge in [-0.25, -0.2) is 0 Å². The summed E-state index contributed by atoms with van der Waals surface area (Å²) in [6.07, 6.45) is -3.29. The minimum absolute atomic E-state index is 0.130. The number of carbonyl (C=O) groups is 3. The molecule has 0 spiro atoms. The second kappa shape index (κ2) is 12.4. The van der Waals surface area contributed by atoms with E-state index in [2.05, 4.69) is 4.74 Å². The maximum absolute atomic E-state index is 11.5. The van der Waals surface area contributed by atoms with Gasteiger partial charge in [-0.05, 0) is 18.6 Å². The highest BCUT2D eigenvalue weighted by Crippen LogP contribution is 2.33. The van der Waals surface area contributed by atoms with Crippen LogP contribution >= 0.6 is 0 Å². The van der Waals surface area contributed by atoms with Gasteiger partial charge in [0.2, 0.25) is 12.4 Å². The van der Waals surface area contributed by atoms with E-state index < -0.39 is 41.5 Å². The van der Waals surface area contributed by atoms with Crippen LogP contribution in [0.15, 0.2) is 18.2 Å². The number of nitro groups is 1. The third-order valence-corrected chi connectivity index (χ3v) is 3.93. The number of nitrogens with zero attached hydrogens (tertiary/aromatic N) is 1. The summed E-state index contributed by atoms with van der Waals surface area (Å²) in [5, 5.41) is 20.5. The largest absolute Gasteiger partial charge is 0.471 e. The van der Waals surface area contributed by atoms with Gasteiger partial charge in [0.15, 0.2) is 5.75 Å². The van der Waals surface area contributed by atoms with Gasteiger partial charge in [-0.1, -0.05) is 6.07 Å². The van der Waals surface area contributed by atoms with E-state index in [4.69, 9.17) is 28.8 Å². The van der Waals surface area contributed by atoms with Gasteiger partial charge in [0, 0.05) is 26.3 Å². The van der Waals surface area contributed by atoms with Crippen LogP contribution < -0.4 is 4.74 Å². The zero-order chi connectivity index (χ0) is 23.6. The van der Waals surface area contributed by atoms with Gasteiger partial charge in [0.25, 0.3) is 6.47 Å². The van der Waals surface area contributed by atoms with E-state index in [-0.39, 0.29) is 24.5 Å². The van der Waals surface area contributed by atoms with Crippen molar-refractivity contribution in [3.8, 4) is 5.75 Å². The molecular formula is C19H25NO11. The lowest BCUT2D eigenvalue weighted by molar-refractivity contribution is -0.387. The lowest BCUT2D eigenvalue weighted by Gasteiger charge is -2.38. The minimum Gasteiger partial charge on any atom is -0.471 e. The molecular weight excluding hydrogens is 418 g/mol. The number of aliphatic hydroxyl groups excluding tert-OH is 1. The molecule has 1 fully saturated rings. The summed E-state index contributed by atoms with van der Waals surface area (Å²) in [5.74, 6) is -1.34. The van der Waals surface area contributed by atoms with Gasteiger partial charge in [0.05, 0.1) is 24.7 Å². The van der Waals surface area contributed by atoms with Crippen LogP contribution in [-0.2, 0) is 39.9 Å².